The van der Waals surface area contributed by atoms with Crippen molar-refractivity contribution in [2.45, 2.75) is 59.5 Å². The molecule has 0 radical (unpaired) electrons. The zero-order chi connectivity index (χ0) is 12.5. The predicted molar refractivity (Wildman–Crippen MR) is 70.7 cm³/mol. The smallest absolute Gasteiger partial charge is 0.0925 e. The van der Waals surface area contributed by atoms with Gasteiger partial charge >= 0.3 is 0 Å². The minimum absolute atomic E-state index is 0.528. The number of rotatable bonds is 3. The van der Waals surface area contributed by atoms with Gasteiger partial charge in [-0.1, -0.05) is 20.8 Å². The van der Waals surface area contributed by atoms with E-state index in [1.807, 2.05) is 0 Å². The number of H-pyrrole nitrogens is 1. The van der Waals surface area contributed by atoms with E-state index in [4.69, 9.17) is 0 Å². The normalized spacial score (nSPS) is 28.2. The first-order valence-corrected chi connectivity index (χ1v) is 6.70. The molecule has 0 aromatic carbocycles. The summed E-state index contributed by atoms with van der Waals surface area (Å²) in [6.07, 6.45) is 5.72. The van der Waals surface area contributed by atoms with E-state index in [0.717, 1.165) is 18.2 Å². The first kappa shape index (κ1) is 12.6. The van der Waals surface area contributed by atoms with Gasteiger partial charge in [0.25, 0.3) is 0 Å². The molecule has 17 heavy (non-hydrogen) atoms. The van der Waals surface area contributed by atoms with Gasteiger partial charge in [0.2, 0.25) is 0 Å². The molecule has 1 unspecified atom stereocenters. The molecule has 1 aliphatic carbocycles. The molecule has 2 rings (SSSR count). The Morgan fingerprint density at radius 1 is 1.53 bits per heavy atom. The highest BCUT2D eigenvalue weighted by molar-refractivity contribution is 5.08. The van der Waals surface area contributed by atoms with E-state index in [9.17, 15) is 0 Å². The standard InChI is InChI=1S/C14H25N3/c1-10-7-14(3,4)6-5-12(10)15-8-13-11(2)16-9-17-13/h9-10,12,15H,5-8H2,1-4H3,(H,16,17)/t10?,12-/m1/s1. The molecule has 1 saturated carbocycles. The lowest BCUT2D eigenvalue weighted by Crippen LogP contribution is -2.41. The van der Waals surface area contributed by atoms with Crippen molar-refractivity contribution in [3.8, 4) is 0 Å². The first-order chi connectivity index (χ1) is 7.98. The zero-order valence-corrected chi connectivity index (χ0v) is 11.5. The maximum atomic E-state index is 4.34. The summed E-state index contributed by atoms with van der Waals surface area (Å²) in [6, 6.07) is 0.652. The number of aromatic nitrogens is 2. The van der Waals surface area contributed by atoms with Gasteiger partial charge in [0.05, 0.1) is 12.0 Å². The van der Waals surface area contributed by atoms with Gasteiger partial charge in [-0.25, -0.2) is 4.98 Å². The molecule has 0 amide bonds. The Bertz CT molecular complexity index is 367. The zero-order valence-electron chi connectivity index (χ0n) is 11.5. The number of nitrogens with one attached hydrogen (secondary N) is 2. The molecule has 3 nitrogen and oxygen atoms in total. The van der Waals surface area contributed by atoms with Crippen LogP contribution in [0.2, 0.25) is 0 Å². The third-order valence-electron chi connectivity index (χ3n) is 4.16. The number of aryl methyl sites for hydroxylation is 1. The Morgan fingerprint density at radius 2 is 2.29 bits per heavy atom. The van der Waals surface area contributed by atoms with Gasteiger partial charge in [0.1, 0.15) is 0 Å². The van der Waals surface area contributed by atoms with Crippen LogP contribution in [0.5, 0.6) is 0 Å². The van der Waals surface area contributed by atoms with E-state index in [1.165, 1.54) is 25.0 Å². The largest absolute Gasteiger partial charge is 0.348 e. The van der Waals surface area contributed by atoms with Crippen molar-refractivity contribution in [1.29, 1.82) is 0 Å². The second kappa shape index (κ2) is 4.81. The third-order valence-corrected chi connectivity index (χ3v) is 4.16. The molecular weight excluding hydrogens is 210 g/mol. The van der Waals surface area contributed by atoms with Crippen LogP contribution in [0.25, 0.3) is 0 Å². The average molecular weight is 235 g/mol. The van der Waals surface area contributed by atoms with Gasteiger partial charge in [-0.3, -0.25) is 0 Å². The Labute approximate surface area is 104 Å². The number of aromatic amines is 1. The van der Waals surface area contributed by atoms with Crippen LogP contribution in [0.15, 0.2) is 6.33 Å². The fourth-order valence-corrected chi connectivity index (χ4v) is 3.04. The van der Waals surface area contributed by atoms with E-state index in [2.05, 4.69) is 43.0 Å². The van der Waals surface area contributed by atoms with Crippen LogP contribution in [0.4, 0.5) is 0 Å². The second-order valence-corrected chi connectivity index (χ2v) is 6.35. The van der Waals surface area contributed by atoms with Gasteiger partial charge in [0.15, 0.2) is 0 Å². The Balaban J connectivity index is 1.86. The van der Waals surface area contributed by atoms with Crippen molar-refractivity contribution in [1.82, 2.24) is 15.3 Å². The van der Waals surface area contributed by atoms with Crippen LogP contribution in [0.1, 0.15) is 51.4 Å². The number of nitrogens with zero attached hydrogens (tertiary/aromatic N) is 1. The summed E-state index contributed by atoms with van der Waals surface area (Å²) in [7, 11) is 0. The molecule has 1 aromatic heterocycles. The molecule has 1 fully saturated rings. The quantitative estimate of drug-likeness (QED) is 0.845. The van der Waals surface area contributed by atoms with Gasteiger partial charge in [0, 0.05) is 18.3 Å². The van der Waals surface area contributed by atoms with Gasteiger partial charge in [-0.05, 0) is 37.5 Å². The fraction of sp³-hybridized carbons (Fsp3) is 0.786. The SMILES string of the molecule is Cc1[nH]cnc1CN[C@@H]1CCC(C)(C)CC1C. The van der Waals surface area contributed by atoms with Gasteiger partial charge in [-0.15, -0.1) is 0 Å². The second-order valence-electron chi connectivity index (χ2n) is 6.35. The molecule has 0 spiro atoms. The first-order valence-electron chi connectivity index (χ1n) is 6.70. The lowest BCUT2D eigenvalue weighted by molar-refractivity contribution is 0.148. The molecule has 0 bridgehead atoms. The van der Waals surface area contributed by atoms with Crippen LogP contribution < -0.4 is 5.32 Å². The molecule has 96 valence electrons. The van der Waals surface area contributed by atoms with E-state index in [1.54, 1.807) is 6.33 Å². The average Bonchev–Trinajstić information content (AvgIpc) is 2.62. The summed E-state index contributed by atoms with van der Waals surface area (Å²) >= 11 is 0. The van der Waals surface area contributed by atoms with Gasteiger partial charge < -0.3 is 10.3 Å². The highest BCUT2D eigenvalue weighted by Gasteiger charge is 2.31. The third kappa shape index (κ3) is 3.09. The number of imidazole rings is 1. The van der Waals surface area contributed by atoms with E-state index >= 15 is 0 Å². The summed E-state index contributed by atoms with van der Waals surface area (Å²) in [6.45, 7) is 10.1. The predicted octanol–water partition coefficient (Wildman–Crippen LogP) is 3.02. The molecule has 1 heterocycles. The summed E-state index contributed by atoms with van der Waals surface area (Å²) in [5.74, 6) is 0.762. The summed E-state index contributed by atoms with van der Waals surface area (Å²) in [5, 5.41) is 3.67. The Hall–Kier alpha value is -0.830. The fourth-order valence-electron chi connectivity index (χ4n) is 3.04. The topological polar surface area (TPSA) is 40.7 Å². The molecular formula is C14H25N3. The number of hydrogen-bond donors (Lipinski definition) is 2. The van der Waals surface area contributed by atoms with Crippen LogP contribution in [-0.2, 0) is 6.54 Å². The van der Waals surface area contributed by atoms with Crippen molar-refractivity contribution in [2.75, 3.05) is 0 Å². The molecule has 3 heteroatoms. The van der Waals surface area contributed by atoms with E-state index in [0.29, 0.717) is 11.5 Å². The maximum Gasteiger partial charge on any atom is 0.0925 e. The molecule has 1 aliphatic rings. The Kier molecular flexibility index (Phi) is 3.57. The molecule has 2 N–H and O–H groups in total. The summed E-state index contributed by atoms with van der Waals surface area (Å²) < 4.78 is 0. The minimum Gasteiger partial charge on any atom is -0.348 e. The highest BCUT2D eigenvalue weighted by atomic mass is 15.0. The minimum atomic E-state index is 0.528. The van der Waals surface area contributed by atoms with Crippen molar-refractivity contribution in [3.05, 3.63) is 17.7 Å². The van der Waals surface area contributed by atoms with Crippen molar-refractivity contribution in [2.24, 2.45) is 11.3 Å². The maximum absolute atomic E-state index is 4.34. The monoisotopic (exact) mass is 235 g/mol. The summed E-state index contributed by atoms with van der Waals surface area (Å²) in [5.41, 5.74) is 2.86. The van der Waals surface area contributed by atoms with E-state index in [-0.39, 0.29) is 0 Å². The van der Waals surface area contributed by atoms with Crippen LogP contribution in [0, 0.1) is 18.3 Å². The molecule has 0 aliphatic heterocycles. The van der Waals surface area contributed by atoms with Crippen molar-refractivity contribution in [3.63, 3.8) is 0 Å². The molecule has 2 atom stereocenters. The van der Waals surface area contributed by atoms with Crippen molar-refractivity contribution >= 4 is 0 Å². The lowest BCUT2D eigenvalue weighted by Gasteiger charge is -2.39. The van der Waals surface area contributed by atoms with Crippen LogP contribution in [0.3, 0.4) is 0 Å². The van der Waals surface area contributed by atoms with Crippen molar-refractivity contribution < 1.29 is 0 Å². The molecule has 0 saturated heterocycles. The molecule has 1 aromatic rings. The van der Waals surface area contributed by atoms with Crippen LogP contribution in [-0.4, -0.2) is 16.0 Å². The van der Waals surface area contributed by atoms with Crippen LogP contribution >= 0.6 is 0 Å². The summed E-state index contributed by atoms with van der Waals surface area (Å²) in [4.78, 5) is 7.47. The van der Waals surface area contributed by atoms with E-state index < -0.39 is 0 Å². The Morgan fingerprint density at radius 3 is 2.88 bits per heavy atom. The highest BCUT2D eigenvalue weighted by Crippen LogP contribution is 2.38. The number of hydrogen-bond acceptors (Lipinski definition) is 2. The lowest BCUT2D eigenvalue weighted by atomic mass is 9.70. The van der Waals surface area contributed by atoms with Gasteiger partial charge in [-0.2, -0.15) is 0 Å².